The summed E-state index contributed by atoms with van der Waals surface area (Å²) >= 11 is 0. The molecule has 0 aromatic rings. The van der Waals surface area contributed by atoms with Crippen molar-refractivity contribution < 1.29 is 0 Å². The van der Waals surface area contributed by atoms with E-state index in [1.54, 1.807) is 0 Å². The van der Waals surface area contributed by atoms with Crippen molar-refractivity contribution in [1.82, 2.24) is 10.6 Å². The molecule has 0 aromatic carbocycles. The Morgan fingerprint density at radius 1 is 1.00 bits per heavy atom. The van der Waals surface area contributed by atoms with Gasteiger partial charge in [0.15, 0.2) is 0 Å². The summed E-state index contributed by atoms with van der Waals surface area (Å²) < 4.78 is 0. The van der Waals surface area contributed by atoms with Crippen LogP contribution >= 0.6 is 0 Å². The Labute approximate surface area is 81.5 Å². The molecule has 0 atom stereocenters. The predicted molar refractivity (Wildman–Crippen MR) is 55.9 cm³/mol. The summed E-state index contributed by atoms with van der Waals surface area (Å²) in [6.45, 7) is 3.72. The monoisotopic (exact) mass is 182 g/mol. The Morgan fingerprint density at radius 2 is 1.69 bits per heavy atom. The van der Waals surface area contributed by atoms with Gasteiger partial charge in [-0.2, -0.15) is 0 Å². The van der Waals surface area contributed by atoms with Crippen molar-refractivity contribution in [2.24, 2.45) is 5.92 Å². The van der Waals surface area contributed by atoms with Gasteiger partial charge in [-0.3, -0.25) is 0 Å². The number of nitrogens with one attached hydrogen (secondary N) is 2. The minimum absolute atomic E-state index is 0.836. The van der Waals surface area contributed by atoms with Crippen LogP contribution in [-0.2, 0) is 0 Å². The van der Waals surface area contributed by atoms with Crippen molar-refractivity contribution in [2.45, 2.75) is 44.6 Å². The van der Waals surface area contributed by atoms with Crippen LogP contribution in [0.2, 0.25) is 0 Å². The molecule has 2 aliphatic rings. The van der Waals surface area contributed by atoms with E-state index in [9.17, 15) is 0 Å². The molecule has 1 heterocycles. The second-order valence-corrected chi connectivity index (χ2v) is 4.62. The van der Waals surface area contributed by atoms with E-state index < -0.39 is 0 Å². The highest BCUT2D eigenvalue weighted by Gasteiger charge is 2.18. The fourth-order valence-electron chi connectivity index (χ4n) is 2.31. The van der Waals surface area contributed by atoms with Crippen LogP contribution in [0.15, 0.2) is 0 Å². The summed E-state index contributed by atoms with van der Waals surface area (Å²) in [6.07, 6.45) is 8.65. The van der Waals surface area contributed by atoms with Gasteiger partial charge < -0.3 is 10.6 Å². The summed E-state index contributed by atoms with van der Waals surface area (Å²) in [5, 5.41) is 7.04. The summed E-state index contributed by atoms with van der Waals surface area (Å²) in [5.74, 6) is 0.920. The van der Waals surface area contributed by atoms with Gasteiger partial charge >= 0.3 is 0 Å². The normalized spacial score (nSPS) is 26.8. The van der Waals surface area contributed by atoms with E-state index in [2.05, 4.69) is 10.6 Å². The largest absolute Gasteiger partial charge is 0.316 e. The molecule has 1 aliphatic heterocycles. The van der Waals surface area contributed by atoms with Crippen LogP contribution < -0.4 is 10.6 Å². The average Bonchev–Trinajstić information content (AvgIpc) is 2.30. The van der Waals surface area contributed by atoms with Crippen LogP contribution in [0.5, 0.6) is 0 Å². The fourth-order valence-corrected chi connectivity index (χ4v) is 2.31. The Hall–Kier alpha value is -0.0800. The van der Waals surface area contributed by atoms with Crippen LogP contribution in [0.25, 0.3) is 0 Å². The Balaban J connectivity index is 1.61. The minimum atomic E-state index is 0.836. The Bertz CT molecular complexity index is 135. The zero-order chi connectivity index (χ0) is 8.93. The third-order valence-electron chi connectivity index (χ3n) is 3.42. The highest BCUT2D eigenvalue weighted by atomic mass is 15.0. The predicted octanol–water partition coefficient (Wildman–Crippen LogP) is 1.52. The molecule has 1 aliphatic carbocycles. The van der Waals surface area contributed by atoms with Gasteiger partial charge in [-0.15, -0.1) is 0 Å². The lowest BCUT2D eigenvalue weighted by molar-refractivity contribution is 0.308. The molecule has 13 heavy (non-hydrogen) atoms. The second-order valence-electron chi connectivity index (χ2n) is 4.62. The first-order valence-electron chi connectivity index (χ1n) is 5.89. The molecule has 0 amide bonds. The van der Waals surface area contributed by atoms with Crippen molar-refractivity contribution in [3.8, 4) is 0 Å². The lowest BCUT2D eigenvalue weighted by atomic mass is 10.0. The first kappa shape index (κ1) is 9.47. The van der Waals surface area contributed by atoms with Crippen molar-refractivity contribution in [3.63, 3.8) is 0 Å². The van der Waals surface area contributed by atoms with Crippen LogP contribution in [0.1, 0.15) is 38.5 Å². The van der Waals surface area contributed by atoms with Crippen LogP contribution in [0.4, 0.5) is 0 Å². The molecule has 2 nitrogen and oxygen atoms in total. The molecule has 2 heteroatoms. The Morgan fingerprint density at radius 3 is 2.23 bits per heavy atom. The SMILES string of the molecule is C1CCCC(NCC2CNC2)CC1. The third-order valence-corrected chi connectivity index (χ3v) is 3.42. The van der Waals surface area contributed by atoms with E-state index in [1.807, 2.05) is 0 Å². The summed E-state index contributed by atoms with van der Waals surface area (Å²) in [5.41, 5.74) is 0. The number of hydrogen-bond acceptors (Lipinski definition) is 2. The van der Waals surface area contributed by atoms with Crippen molar-refractivity contribution in [3.05, 3.63) is 0 Å². The highest BCUT2D eigenvalue weighted by Crippen LogP contribution is 2.17. The van der Waals surface area contributed by atoms with E-state index in [-0.39, 0.29) is 0 Å². The maximum absolute atomic E-state index is 3.72. The lowest BCUT2D eigenvalue weighted by Gasteiger charge is -2.29. The fraction of sp³-hybridized carbons (Fsp3) is 1.00. The van der Waals surface area contributed by atoms with Crippen LogP contribution in [0, 0.1) is 5.92 Å². The molecular weight excluding hydrogens is 160 g/mol. The van der Waals surface area contributed by atoms with E-state index in [0.717, 1.165) is 12.0 Å². The Kier molecular flexibility index (Phi) is 3.62. The van der Waals surface area contributed by atoms with Crippen LogP contribution in [0.3, 0.4) is 0 Å². The molecule has 1 saturated heterocycles. The van der Waals surface area contributed by atoms with Gasteiger partial charge in [-0.05, 0) is 18.8 Å². The lowest BCUT2D eigenvalue weighted by Crippen LogP contribution is -2.48. The first-order chi connectivity index (χ1) is 6.45. The molecule has 0 unspecified atom stereocenters. The molecular formula is C11H22N2. The maximum Gasteiger partial charge on any atom is 0.00671 e. The van der Waals surface area contributed by atoms with Gasteiger partial charge in [0.25, 0.3) is 0 Å². The zero-order valence-electron chi connectivity index (χ0n) is 8.52. The molecule has 2 fully saturated rings. The summed E-state index contributed by atoms with van der Waals surface area (Å²) in [6, 6.07) is 0.836. The van der Waals surface area contributed by atoms with Crippen molar-refractivity contribution >= 4 is 0 Å². The van der Waals surface area contributed by atoms with E-state index in [0.29, 0.717) is 0 Å². The van der Waals surface area contributed by atoms with Crippen LogP contribution in [-0.4, -0.2) is 25.7 Å². The molecule has 0 bridgehead atoms. The molecule has 76 valence electrons. The van der Waals surface area contributed by atoms with E-state index in [1.165, 1.54) is 58.2 Å². The quantitative estimate of drug-likeness (QED) is 0.647. The third kappa shape index (κ3) is 2.96. The topological polar surface area (TPSA) is 24.1 Å². The van der Waals surface area contributed by atoms with Gasteiger partial charge in [-0.25, -0.2) is 0 Å². The molecule has 1 saturated carbocycles. The highest BCUT2D eigenvalue weighted by molar-refractivity contribution is 4.79. The average molecular weight is 182 g/mol. The molecule has 2 rings (SSSR count). The maximum atomic E-state index is 3.72. The van der Waals surface area contributed by atoms with Gasteiger partial charge in [0.1, 0.15) is 0 Å². The smallest absolute Gasteiger partial charge is 0.00671 e. The zero-order valence-corrected chi connectivity index (χ0v) is 8.52. The molecule has 0 spiro atoms. The standard InChI is InChI=1S/C11H22N2/c1-2-4-6-11(5-3-1)13-9-10-7-12-8-10/h10-13H,1-9H2. The number of hydrogen-bond donors (Lipinski definition) is 2. The molecule has 0 aromatic heterocycles. The van der Waals surface area contributed by atoms with Gasteiger partial charge in [0.05, 0.1) is 0 Å². The van der Waals surface area contributed by atoms with Crippen molar-refractivity contribution in [1.29, 1.82) is 0 Å². The minimum Gasteiger partial charge on any atom is -0.316 e. The van der Waals surface area contributed by atoms with Crippen molar-refractivity contribution in [2.75, 3.05) is 19.6 Å². The van der Waals surface area contributed by atoms with Gasteiger partial charge in [0, 0.05) is 25.7 Å². The van der Waals surface area contributed by atoms with E-state index >= 15 is 0 Å². The summed E-state index contributed by atoms with van der Waals surface area (Å²) in [4.78, 5) is 0. The first-order valence-corrected chi connectivity index (χ1v) is 5.89. The molecule has 0 radical (unpaired) electrons. The second kappa shape index (κ2) is 4.97. The number of rotatable bonds is 3. The van der Waals surface area contributed by atoms with Gasteiger partial charge in [-0.1, -0.05) is 25.7 Å². The van der Waals surface area contributed by atoms with Gasteiger partial charge in [0.2, 0.25) is 0 Å². The summed E-state index contributed by atoms with van der Waals surface area (Å²) in [7, 11) is 0. The van der Waals surface area contributed by atoms with E-state index in [4.69, 9.17) is 0 Å². The molecule has 2 N–H and O–H groups in total.